The lowest BCUT2D eigenvalue weighted by Gasteiger charge is -2.60. The molecule has 0 aromatic rings. The zero-order valence-electron chi connectivity index (χ0n) is 22.7. The van der Waals surface area contributed by atoms with E-state index in [9.17, 15) is 35.1 Å². The highest BCUT2D eigenvalue weighted by molar-refractivity contribution is 5.95. The summed E-state index contributed by atoms with van der Waals surface area (Å²) in [6.45, 7) is 9.21. The molecular formula is C29H44O8. The van der Waals surface area contributed by atoms with Gasteiger partial charge in [-0.25, -0.2) is 0 Å². The van der Waals surface area contributed by atoms with E-state index in [1.807, 2.05) is 20.8 Å². The quantitative estimate of drug-likeness (QED) is 0.354. The molecule has 5 N–H and O–H groups in total. The molecule has 0 spiro atoms. The van der Waals surface area contributed by atoms with E-state index in [0.717, 1.165) is 0 Å². The summed E-state index contributed by atoms with van der Waals surface area (Å²) in [6, 6.07) is 0. The summed E-state index contributed by atoms with van der Waals surface area (Å²) in [5.74, 6) is -1.88. The molecular weight excluding hydrogens is 476 g/mol. The minimum Gasteiger partial charge on any atom is -0.462 e. The average molecular weight is 521 g/mol. The van der Waals surface area contributed by atoms with E-state index >= 15 is 0 Å². The second-order valence-electron chi connectivity index (χ2n) is 13.7. The van der Waals surface area contributed by atoms with Crippen LogP contribution in [0.5, 0.6) is 0 Å². The Bertz CT molecular complexity index is 1010. The van der Waals surface area contributed by atoms with Crippen LogP contribution in [0.1, 0.15) is 79.6 Å². The van der Waals surface area contributed by atoms with Gasteiger partial charge in [-0.05, 0) is 87.7 Å². The molecule has 0 amide bonds. The molecule has 1 saturated heterocycles. The first-order valence-corrected chi connectivity index (χ1v) is 14.0. The predicted molar refractivity (Wildman–Crippen MR) is 134 cm³/mol. The lowest BCUT2D eigenvalue weighted by Crippen LogP contribution is -2.63. The Hall–Kier alpha value is -1.32. The molecule has 8 heteroatoms. The molecule has 1 heterocycles. The van der Waals surface area contributed by atoms with E-state index in [0.29, 0.717) is 37.7 Å². The van der Waals surface area contributed by atoms with Gasteiger partial charge in [0, 0.05) is 17.3 Å². The lowest BCUT2D eigenvalue weighted by atomic mass is 9.45. The van der Waals surface area contributed by atoms with E-state index < -0.39 is 52.2 Å². The second kappa shape index (κ2) is 8.59. The average Bonchev–Trinajstić information content (AvgIpc) is 3.23. The van der Waals surface area contributed by atoms with Crippen molar-refractivity contribution in [2.75, 3.05) is 0 Å². The number of carbonyl (C=O) groups excluding carboxylic acids is 2. The van der Waals surface area contributed by atoms with Crippen molar-refractivity contribution in [2.45, 2.75) is 115 Å². The largest absolute Gasteiger partial charge is 0.462 e. The summed E-state index contributed by atoms with van der Waals surface area (Å²) in [4.78, 5) is 25.4. The van der Waals surface area contributed by atoms with Crippen molar-refractivity contribution in [3.05, 3.63) is 11.6 Å². The standard InChI is InChI=1S/C29H44O8/c1-14-16(15(2)37-25(14)34)10-24(33)28(5,35)23-7-9-29(36)18-11-20(30)19-12-21(31)22(32)13-26(19,3)17(18)6-8-27(23,29)4/h11,14-17,19,21-24,31-33,35-36H,6-10,12-13H2,1-5H3/t14-,15+,16+,17+,19+,21-,22+,23+,24-,26-,27-,28-,29-/m1/s1. The molecule has 0 aromatic heterocycles. The van der Waals surface area contributed by atoms with Gasteiger partial charge in [-0.2, -0.15) is 0 Å². The molecule has 4 fully saturated rings. The molecule has 0 aromatic carbocycles. The van der Waals surface area contributed by atoms with Gasteiger partial charge in [-0.1, -0.05) is 20.8 Å². The van der Waals surface area contributed by atoms with E-state index in [4.69, 9.17) is 4.74 Å². The van der Waals surface area contributed by atoms with Crippen molar-refractivity contribution in [3.8, 4) is 0 Å². The Morgan fingerprint density at radius 1 is 1.11 bits per heavy atom. The Morgan fingerprint density at radius 2 is 1.78 bits per heavy atom. The van der Waals surface area contributed by atoms with Gasteiger partial charge in [0.05, 0.1) is 35.4 Å². The Labute approximate surface area is 219 Å². The third-order valence-corrected chi connectivity index (χ3v) is 11.9. The first-order chi connectivity index (χ1) is 17.1. The van der Waals surface area contributed by atoms with Gasteiger partial charge in [0.15, 0.2) is 5.78 Å². The van der Waals surface area contributed by atoms with Crippen molar-refractivity contribution in [3.63, 3.8) is 0 Å². The SMILES string of the molecule is C[C@@H]1OC(=O)[C@H](C)[C@@H]1C[C@@H](O)[C@](C)(O)[C@H]1CC[C@@]2(O)C3=CC(=O)[C@@H]4C[C@@H](O)[C@@H](O)C[C@]4(C)[C@H]3CC[C@]12C. The summed E-state index contributed by atoms with van der Waals surface area (Å²) >= 11 is 0. The summed E-state index contributed by atoms with van der Waals surface area (Å²) in [6.07, 6.45) is 1.21. The monoisotopic (exact) mass is 520 g/mol. The zero-order valence-corrected chi connectivity index (χ0v) is 22.7. The first-order valence-electron chi connectivity index (χ1n) is 14.0. The summed E-state index contributed by atoms with van der Waals surface area (Å²) in [5, 5.41) is 56.2. The van der Waals surface area contributed by atoms with E-state index in [-0.39, 0.29) is 48.5 Å². The number of aliphatic hydroxyl groups is 5. The number of allylic oxidation sites excluding steroid dienone is 1. The molecule has 5 aliphatic rings. The number of ether oxygens (including phenoxy) is 1. The zero-order chi connectivity index (χ0) is 27.3. The number of aliphatic hydroxyl groups excluding tert-OH is 3. The van der Waals surface area contributed by atoms with Gasteiger partial charge in [0.25, 0.3) is 0 Å². The van der Waals surface area contributed by atoms with E-state index in [2.05, 4.69) is 0 Å². The van der Waals surface area contributed by atoms with Gasteiger partial charge < -0.3 is 30.3 Å². The molecule has 37 heavy (non-hydrogen) atoms. The van der Waals surface area contributed by atoms with Crippen LogP contribution < -0.4 is 0 Å². The number of rotatable bonds is 4. The fourth-order valence-electron chi connectivity index (χ4n) is 9.39. The number of esters is 1. The number of hydrogen-bond donors (Lipinski definition) is 5. The molecule has 0 radical (unpaired) electrons. The smallest absolute Gasteiger partial charge is 0.309 e. The van der Waals surface area contributed by atoms with Crippen LogP contribution in [0.3, 0.4) is 0 Å². The maximum atomic E-state index is 13.3. The molecule has 4 aliphatic carbocycles. The Morgan fingerprint density at radius 3 is 2.41 bits per heavy atom. The van der Waals surface area contributed by atoms with Crippen molar-refractivity contribution in [1.29, 1.82) is 0 Å². The fourth-order valence-corrected chi connectivity index (χ4v) is 9.39. The normalized spacial score (nSPS) is 51.9. The van der Waals surface area contributed by atoms with Crippen molar-refractivity contribution in [1.82, 2.24) is 0 Å². The number of cyclic esters (lactones) is 1. The van der Waals surface area contributed by atoms with Gasteiger partial charge in [0.1, 0.15) is 6.10 Å². The van der Waals surface area contributed by atoms with Crippen LogP contribution in [0, 0.1) is 40.4 Å². The minimum atomic E-state index is -1.52. The predicted octanol–water partition coefficient (Wildman–Crippen LogP) is 1.89. The first kappa shape index (κ1) is 27.3. The lowest BCUT2D eigenvalue weighted by molar-refractivity contribution is -0.178. The molecule has 13 atom stereocenters. The van der Waals surface area contributed by atoms with Gasteiger partial charge >= 0.3 is 5.97 Å². The fraction of sp³-hybridized carbons (Fsp3) is 0.862. The maximum Gasteiger partial charge on any atom is 0.309 e. The number of hydrogen-bond acceptors (Lipinski definition) is 8. The van der Waals surface area contributed by atoms with E-state index in [1.54, 1.807) is 19.9 Å². The van der Waals surface area contributed by atoms with Crippen molar-refractivity contribution in [2.24, 2.45) is 40.4 Å². The maximum absolute atomic E-state index is 13.3. The molecule has 0 unspecified atom stereocenters. The Balaban J connectivity index is 1.44. The minimum absolute atomic E-state index is 0.104. The second-order valence-corrected chi connectivity index (χ2v) is 13.7. The molecule has 208 valence electrons. The highest BCUT2D eigenvalue weighted by Crippen LogP contribution is 2.68. The van der Waals surface area contributed by atoms with Crippen molar-refractivity contribution < 1.29 is 39.9 Å². The Kier molecular flexibility index (Phi) is 6.33. The van der Waals surface area contributed by atoms with Crippen molar-refractivity contribution >= 4 is 11.8 Å². The molecule has 3 saturated carbocycles. The number of ketones is 1. The molecule has 0 bridgehead atoms. The number of carbonyl (C=O) groups is 2. The van der Waals surface area contributed by atoms with Gasteiger partial charge in [-0.3, -0.25) is 9.59 Å². The molecule has 8 nitrogen and oxygen atoms in total. The van der Waals surface area contributed by atoms with Crippen LogP contribution >= 0.6 is 0 Å². The van der Waals surface area contributed by atoms with Crippen LogP contribution in [0.25, 0.3) is 0 Å². The molecule has 1 aliphatic heterocycles. The summed E-state index contributed by atoms with van der Waals surface area (Å²) < 4.78 is 5.34. The highest BCUT2D eigenvalue weighted by atomic mass is 16.6. The van der Waals surface area contributed by atoms with Crippen LogP contribution in [0.15, 0.2) is 11.6 Å². The summed E-state index contributed by atoms with van der Waals surface area (Å²) in [5.41, 5.74) is -3.47. The van der Waals surface area contributed by atoms with Gasteiger partial charge in [-0.15, -0.1) is 0 Å². The highest BCUT2D eigenvalue weighted by Gasteiger charge is 2.69. The topological polar surface area (TPSA) is 145 Å². The number of fused-ring (bicyclic) bond motifs is 5. The van der Waals surface area contributed by atoms with Crippen LogP contribution in [0.2, 0.25) is 0 Å². The third-order valence-electron chi connectivity index (χ3n) is 11.9. The summed E-state index contributed by atoms with van der Waals surface area (Å²) in [7, 11) is 0. The van der Waals surface area contributed by atoms with Crippen LogP contribution in [-0.2, 0) is 14.3 Å². The molecule has 5 rings (SSSR count). The van der Waals surface area contributed by atoms with Crippen LogP contribution in [-0.4, -0.2) is 72.9 Å². The third kappa shape index (κ3) is 3.65. The van der Waals surface area contributed by atoms with Gasteiger partial charge in [0.2, 0.25) is 0 Å². The van der Waals surface area contributed by atoms with E-state index in [1.165, 1.54) is 0 Å². The van der Waals surface area contributed by atoms with Crippen LogP contribution in [0.4, 0.5) is 0 Å².